The molecule has 1 unspecified atom stereocenters. The van der Waals surface area contributed by atoms with Crippen molar-refractivity contribution < 1.29 is 22.3 Å². The Hall–Kier alpha value is -3.39. The number of carbonyl (C=O) groups is 1. The normalized spacial score (nSPS) is 12.3. The van der Waals surface area contributed by atoms with Gasteiger partial charge in [0, 0.05) is 5.56 Å². The maximum Gasteiger partial charge on any atom is 0.251 e. The van der Waals surface area contributed by atoms with E-state index >= 15 is 0 Å². The van der Waals surface area contributed by atoms with Gasteiger partial charge in [-0.05, 0) is 78.4 Å². The predicted octanol–water partition coefficient (Wildman–Crippen LogP) is 5.72. The highest BCUT2D eigenvalue weighted by molar-refractivity contribution is 7.92. The fraction of sp³-hybridized carbons (Fsp3) is 0.321. The van der Waals surface area contributed by atoms with Crippen LogP contribution in [-0.4, -0.2) is 27.7 Å². The summed E-state index contributed by atoms with van der Waals surface area (Å²) in [5.41, 5.74) is 4.16. The fourth-order valence-corrected chi connectivity index (χ4v) is 5.02. The zero-order valence-corrected chi connectivity index (χ0v) is 22.3. The van der Waals surface area contributed by atoms with E-state index in [1.54, 1.807) is 37.4 Å². The van der Waals surface area contributed by atoms with E-state index in [0.29, 0.717) is 11.1 Å². The van der Waals surface area contributed by atoms with Crippen molar-refractivity contribution >= 4 is 21.6 Å². The van der Waals surface area contributed by atoms with Crippen LogP contribution < -0.4 is 14.4 Å². The molecule has 0 aromatic heterocycles. The van der Waals surface area contributed by atoms with Gasteiger partial charge in [-0.15, -0.1) is 0 Å². The second-order valence-corrected chi connectivity index (χ2v) is 11.1. The highest BCUT2D eigenvalue weighted by Gasteiger charge is 2.22. The molecule has 3 aromatic rings. The van der Waals surface area contributed by atoms with E-state index in [1.165, 1.54) is 18.2 Å². The standard InChI is InChI=1S/C28H33FN2O4S/c1-18(2)23-16-24(19(3)15-27(23)35-5)20(4)30-28(32)22-13-11-21(12-14-22)17-31(36(6,33)34)26-10-8-7-9-25(26)29/h7-16,18,20H,17H2,1-6H3,(H,30,32). The summed E-state index contributed by atoms with van der Waals surface area (Å²) in [6, 6.07) is 16.2. The molecule has 0 aliphatic carbocycles. The van der Waals surface area contributed by atoms with Crippen molar-refractivity contribution in [1.29, 1.82) is 0 Å². The third kappa shape index (κ3) is 6.23. The summed E-state index contributed by atoms with van der Waals surface area (Å²) in [4.78, 5) is 12.9. The first-order valence-electron chi connectivity index (χ1n) is 11.7. The monoisotopic (exact) mass is 512 g/mol. The molecule has 36 heavy (non-hydrogen) atoms. The number of halogens is 1. The van der Waals surface area contributed by atoms with E-state index in [0.717, 1.165) is 33.0 Å². The molecular formula is C28H33FN2O4S. The number of amides is 1. The minimum Gasteiger partial charge on any atom is -0.496 e. The van der Waals surface area contributed by atoms with Gasteiger partial charge in [0.25, 0.3) is 5.91 Å². The summed E-state index contributed by atoms with van der Waals surface area (Å²) in [5, 5.41) is 3.04. The smallest absolute Gasteiger partial charge is 0.251 e. The maximum atomic E-state index is 14.3. The molecule has 0 fully saturated rings. The van der Waals surface area contributed by atoms with Crippen LogP contribution in [0.3, 0.4) is 0 Å². The van der Waals surface area contributed by atoms with Gasteiger partial charge in [-0.2, -0.15) is 0 Å². The number of sulfonamides is 1. The number of hydrogen-bond donors (Lipinski definition) is 1. The van der Waals surface area contributed by atoms with Gasteiger partial charge in [0.15, 0.2) is 0 Å². The highest BCUT2D eigenvalue weighted by atomic mass is 32.2. The zero-order valence-electron chi connectivity index (χ0n) is 21.5. The Balaban J connectivity index is 1.77. The van der Waals surface area contributed by atoms with Crippen LogP contribution in [0.1, 0.15) is 65.3 Å². The van der Waals surface area contributed by atoms with Gasteiger partial charge in [-0.3, -0.25) is 9.10 Å². The topological polar surface area (TPSA) is 75.7 Å². The molecule has 0 heterocycles. The van der Waals surface area contributed by atoms with E-state index in [9.17, 15) is 17.6 Å². The first-order chi connectivity index (χ1) is 16.9. The number of aryl methyl sites for hydroxylation is 1. The second-order valence-electron chi connectivity index (χ2n) is 9.22. The van der Waals surface area contributed by atoms with Crippen molar-refractivity contribution in [2.75, 3.05) is 17.7 Å². The van der Waals surface area contributed by atoms with Crippen molar-refractivity contribution in [2.24, 2.45) is 0 Å². The predicted molar refractivity (Wildman–Crippen MR) is 142 cm³/mol. The molecule has 0 spiro atoms. The number of anilines is 1. The molecule has 8 heteroatoms. The largest absolute Gasteiger partial charge is 0.496 e. The van der Waals surface area contributed by atoms with Crippen LogP contribution in [0, 0.1) is 12.7 Å². The Labute approximate surface area is 213 Å². The summed E-state index contributed by atoms with van der Waals surface area (Å²) in [7, 11) is -2.07. The van der Waals surface area contributed by atoms with Gasteiger partial charge < -0.3 is 10.1 Å². The minimum atomic E-state index is -3.73. The molecule has 0 saturated heterocycles. The number of benzene rings is 3. The van der Waals surface area contributed by atoms with Crippen LogP contribution in [0.25, 0.3) is 0 Å². The van der Waals surface area contributed by atoms with E-state index < -0.39 is 15.8 Å². The molecular weight excluding hydrogens is 479 g/mol. The van der Waals surface area contributed by atoms with Crippen LogP contribution in [0.5, 0.6) is 5.75 Å². The number of carbonyl (C=O) groups excluding carboxylic acids is 1. The molecule has 0 radical (unpaired) electrons. The third-order valence-corrected chi connectivity index (χ3v) is 7.24. The minimum absolute atomic E-state index is 0.0220. The first kappa shape index (κ1) is 27.2. The molecule has 1 N–H and O–H groups in total. The number of para-hydroxylation sites is 1. The van der Waals surface area contributed by atoms with Crippen LogP contribution in [0.15, 0.2) is 60.7 Å². The lowest BCUT2D eigenvalue weighted by atomic mass is 9.93. The van der Waals surface area contributed by atoms with Gasteiger partial charge >= 0.3 is 0 Å². The number of methoxy groups -OCH3 is 1. The van der Waals surface area contributed by atoms with Gasteiger partial charge in [0.1, 0.15) is 11.6 Å². The molecule has 6 nitrogen and oxygen atoms in total. The maximum absolute atomic E-state index is 14.3. The number of nitrogens with one attached hydrogen (secondary N) is 1. The average Bonchev–Trinajstić information content (AvgIpc) is 2.82. The Morgan fingerprint density at radius 1 is 1.03 bits per heavy atom. The summed E-state index contributed by atoms with van der Waals surface area (Å²) < 4.78 is 45.5. The Morgan fingerprint density at radius 3 is 2.22 bits per heavy atom. The molecule has 0 aliphatic rings. The fourth-order valence-electron chi connectivity index (χ4n) is 4.13. The Morgan fingerprint density at radius 2 is 1.67 bits per heavy atom. The Kier molecular flexibility index (Phi) is 8.40. The molecule has 0 saturated carbocycles. The van der Waals surface area contributed by atoms with Gasteiger partial charge in [-0.25, -0.2) is 12.8 Å². The summed E-state index contributed by atoms with van der Waals surface area (Å²) in [6.07, 6.45) is 1.04. The van der Waals surface area contributed by atoms with E-state index in [4.69, 9.17) is 4.74 Å². The average molecular weight is 513 g/mol. The first-order valence-corrected chi connectivity index (χ1v) is 13.6. The van der Waals surface area contributed by atoms with Crippen molar-refractivity contribution in [3.05, 3.63) is 94.3 Å². The molecule has 0 bridgehead atoms. The van der Waals surface area contributed by atoms with Crippen molar-refractivity contribution in [1.82, 2.24) is 5.32 Å². The van der Waals surface area contributed by atoms with Crippen LogP contribution in [0.4, 0.5) is 10.1 Å². The van der Waals surface area contributed by atoms with Crippen LogP contribution >= 0.6 is 0 Å². The zero-order chi connectivity index (χ0) is 26.6. The molecule has 3 rings (SSSR count). The van der Waals surface area contributed by atoms with E-state index in [2.05, 4.69) is 25.2 Å². The van der Waals surface area contributed by atoms with Crippen molar-refractivity contribution in [3.63, 3.8) is 0 Å². The van der Waals surface area contributed by atoms with Gasteiger partial charge in [0.2, 0.25) is 10.0 Å². The molecule has 1 amide bonds. The van der Waals surface area contributed by atoms with Crippen LogP contribution in [-0.2, 0) is 16.6 Å². The molecule has 3 aromatic carbocycles. The van der Waals surface area contributed by atoms with Crippen LogP contribution in [0.2, 0.25) is 0 Å². The second kappa shape index (κ2) is 11.1. The number of ether oxygens (including phenoxy) is 1. The lowest BCUT2D eigenvalue weighted by molar-refractivity contribution is 0.0939. The van der Waals surface area contributed by atoms with E-state index in [1.807, 2.05) is 19.9 Å². The van der Waals surface area contributed by atoms with Crippen molar-refractivity contribution in [3.8, 4) is 5.75 Å². The third-order valence-electron chi connectivity index (χ3n) is 6.12. The number of hydrogen-bond acceptors (Lipinski definition) is 4. The molecule has 0 aliphatic heterocycles. The molecule has 1 atom stereocenters. The summed E-state index contributed by atoms with van der Waals surface area (Å²) in [5.74, 6) is 0.233. The lowest BCUT2D eigenvalue weighted by Gasteiger charge is -2.23. The quantitative estimate of drug-likeness (QED) is 0.398. The summed E-state index contributed by atoms with van der Waals surface area (Å²) >= 11 is 0. The Bertz CT molecular complexity index is 1340. The number of rotatable bonds is 9. The number of nitrogens with zero attached hydrogens (tertiary/aromatic N) is 1. The summed E-state index contributed by atoms with van der Waals surface area (Å²) in [6.45, 7) is 8.06. The lowest BCUT2D eigenvalue weighted by Crippen LogP contribution is -2.30. The van der Waals surface area contributed by atoms with E-state index in [-0.39, 0.29) is 30.1 Å². The SMILES string of the molecule is COc1cc(C)c(C(C)NC(=O)c2ccc(CN(c3ccccc3F)S(C)(=O)=O)cc2)cc1C(C)C. The van der Waals surface area contributed by atoms with Crippen molar-refractivity contribution in [2.45, 2.75) is 46.2 Å². The van der Waals surface area contributed by atoms with Gasteiger partial charge in [-0.1, -0.05) is 38.1 Å². The molecule has 192 valence electrons. The highest BCUT2D eigenvalue weighted by Crippen LogP contribution is 2.32. The van der Waals surface area contributed by atoms with Gasteiger partial charge in [0.05, 0.1) is 31.6 Å².